The lowest BCUT2D eigenvalue weighted by Crippen LogP contribution is -2.09. The molecule has 0 bridgehead atoms. The maximum atomic E-state index is 10.9. The van der Waals surface area contributed by atoms with Gasteiger partial charge >= 0.3 is 0 Å². The van der Waals surface area contributed by atoms with Crippen LogP contribution in [0.5, 0.6) is 0 Å². The van der Waals surface area contributed by atoms with Crippen molar-refractivity contribution in [2.24, 2.45) is 0 Å². The molecule has 0 aliphatic heterocycles. The second kappa shape index (κ2) is 9.12. The van der Waals surface area contributed by atoms with Gasteiger partial charge in [0.05, 0.1) is 23.2 Å². The molecule has 0 aromatic carbocycles. The fraction of sp³-hybridized carbons (Fsp3) is 0.643. The standard InChI is InChI=1S/C14H24N4O3/c1-4-15-13-9-12(18(19)20)10-14(17-13)16-7-5-6-8-21-11(2)3/h9-11H,4-8H2,1-3H3,(H2,15,16,17). The highest BCUT2D eigenvalue weighted by atomic mass is 16.6. The summed E-state index contributed by atoms with van der Waals surface area (Å²) in [4.78, 5) is 14.8. The Labute approximate surface area is 125 Å². The molecule has 2 N–H and O–H groups in total. The Balaban J connectivity index is 2.48. The molecule has 0 amide bonds. The van der Waals surface area contributed by atoms with E-state index in [-0.39, 0.29) is 11.8 Å². The maximum Gasteiger partial charge on any atom is 0.276 e. The van der Waals surface area contributed by atoms with Gasteiger partial charge in [0.1, 0.15) is 11.6 Å². The normalized spacial score (nSPS) is 10.7. The van der Waals surface area contributed by atoms with Crippen LogP contribution in [-0.4, -0.2) is 35.7 Å². The highest BCUT2D eigenvalue weighted by molar-refractivity contribution is 5.54. The van der Waals surface area contributed by atoms with E-state index in [0.29, 0.717) is 24.7 Å². The number of pyridine rings is 1. The van der Waals surface area contributed by atoms with Crippen LogP contribution in [0.2, 0.25) is 0 Å². The Hall–Kier alpha value is -1.89. The first-order chi connectivity index (χ1) is 10.0. The van der Waals surface area contributed by atoms with E-state index in [2.05, 4.69) is 15.6 Å². The molecule has 0 unspecified atom stereocenters. The van der Waals surface area contributed by atoms with Crippen LogP contribution in [0.4, 0.5) is 17.3 Å². The van der Waals surface area contributed by atoms with Gasteiger partial charge in [-0.05, 0) is 33.6 Å². The van der Waals surface area contributed by atoms with Crippen molar-refractivity contribution in [3.05, 3.63) is 22.2 Å². The second-order valence-corrected chi connectivity index (χ2v) is 4.94. The summed E-state index contributed by atoms with van der Waals surface area (Å²) in [5, 5.41) is 17.0. The Morgan fingerprint density at radius 2 is 1.95 bits per heavy atom. The molecule has 0 atom stereocenters. The van der Waals surface area contributed by atoms with Crippen LogP contribution >= 0.6 is 0 Å². The summed E-state index contributed by atoms with van der Waals surface area (Å²) in [5.41, 5.74) is 0.0339. The number of aromatic nitrogens is 1. The van der Waals surface area contributed by atoms with Crippen molar-refractivity contribution in [1.29, 1.82) is 0 Å². The lowest BCUT2D eigenvalue weighted by molar-refractivity contribution is -0.384. The molecule has 0 aliphatic rings. The number of rotatable bonds is 10. The van der Waals surface area contributed by atoms with Gasteiger partial charge < -0.3 is 15.4 Å². The van der Waals surface area contributed by atoms with Crippen molar-refractivity contribution >= 4 is 17.3 Å². The third-order valence-corrected chi connectivity index (χ3v) is 2.71. The Bertz CT molecular complexity index is 452. The molecule has 0 radical (unpaired) electrons. The van der Waals surface area contributed by atoms with Crippen molar-refractivity contribution in [2.45, 2.75) is 39.7 Å². The lowest BCUT2D eigenvalue weighted by atomic mass is 10.3. The summed E-state index contributed by atoms with van der Waals surface area (Å²) in [5.74, 6) is 1.03. The number of hydrogen-bond acceptors (Lipinski definition) is 6. The number of unbranched alkanes of at least 4 members (excludes halogenated alkanes) is 1. The summed E-state index contributed by atoms with van der Waals surface area (Å²) in [6.07, 6.45) is 2.12. The zero-order valence-corrected chi connectivity index (χ0v) is 12.9. The summed E-state index contributed by atoms with van der Waals surface area (Å²) >= 11 is 0. The molecule has 118 valence electrons. The predicted molar refractivity (Wildman–Crippen MR) is 83.9 cm³/mol. The van der Waals surface area contributed by atoms with E-state index in [1.165, 1.54) is 12.1 Å². The van der Waals surface area contributed by atoms with Crippen LogP contribution in [0.15, 0.2) is 12.1 Å². The Morgan fingerprint density at radius 1 is 1.29 bits per heavy atom. The fourth-order valence-electron chi connectivity index (χ4n) is 1.75. The Kier molecular flexibility index (Phi) is 7.45. The summed E-state index contributed by atoms with van der Waals surface area (Å²) in [7, 11) is 0. The number of nitrogens with one attached hydrogen (secondary N) is 2. The minimum Gasteiger partial charge on any atom is -0.379 e. The molecule has 0 saturated carbocycles. The van der Waals surface area contributed by atoms with Crippen LogP contribution in [0, 0.1) is 10.1 Å². The molecule has 0 aliphatic carbocycles. The van der Waals surface area contributed by atoms with E-state index >= 15 is 0 Å². The van der Waals surface area contributed by atoms with Crippen molar-refractivity contribution in [2.75, 3.05) is 30.3 Å². The SMILES string of the molecule is CCNc1cc([N+](=O)[O-])cc(NCCCCOC(C)C)n1. The molecule has 0 spiro atoms. The molecule has 7 nitrogen and oxygen atoms in total. The fourth-order valence-corrected chi connectivity index (χ4v) is 1.75. The number of ether oxygens (including phenoxy) is 1. The van der Waals surface area contributed by atoms with Crippen LogP contribution in [0.1, 0.15) is 33.6 Å². The van der Waals surface area contributed by atoms with Crippen LogP contribution < -0.4 is 10.6 Å². The predicted octanol–water partition coefficient (Wildman–Crippen LogP) is 3.04. The number of nitrogens with zero attached hydrogens (tertiary/aromatic N) is 2. The van der Waals surface area contributed by atoms with Gasteiger partial charge in [-0.2, -0.15) is 0 Å². The molecular weight excluding hydrogens is 272 g/mol. The molecule has 1 aromatic heterocycles. The molecule has 7 heteroatoms. The minimum absolute atomic E-state index is 0.0339. The topological polar surface area (TPSA) is 89.3 Å². The monoisotopic (exact) mass is 296 g/mol. The summed E-state index contributed by atoms with van der Waals surface area (Å²) in [6, 6.07) is 2.89. The van der Waals surface area contributed by atoms with Gasteiger partial charge in [0, 0.05) is 19.7 Å². The highest BCUT2D eigenvalue weighted by Gasteiger charge is 2.10. The zero-order chi connectivity index (χ0) is 15.7. The third kappa shape index (κ3) is 6.89. The lowest BCUT2D eigenvalue weighted by Gasteiger charge is -2.09. The van der Waals surface area contributed by atoms with Crippen molar-refractivity contribution in [1.82, 2.24) is 4.98 Å². The maximum absolute atomic E-state index is 10.9. The van der Waals surface area contributed by atoms with Gasteiger partial charge in [0.2, 0.25) is 0 Å². The quantitative estimate of drug-likeness (QED) is 0.392. The van der Waals surface area contributed by atoms with Gasteiger partial charge in [-0.1, -0.05) is 0 Å². The summed E-state index contributed by atoms with van der Waals surface area (Å²) < 4.78 is 5.45. The van der Waals surface area contributed by atoms with Crippen molar-refractivity contribution in [3.63, 3.8) is 0 Å². The molecule has 0 saturated heterocycles. The highest BCUT2D eigenvalue weighted by Crippen LogP contribution is 2.20. The van der Waals surface area contributed by atoms with Crippen molar-refractivity contribution < 1.29 is 9.66 Å². The van der Waals surface area contributed by atoms with E-state index in [1.54, 1.807) is 0 Å². The first kappa shape index (κ1) is 17.2. The molecule has 1 rings (SSSR count). The number of anilines is 2. The van der Waals surface area contributed by atoms with Crippen LogP contribution in [0.3, 0.4) is 0 Å². The van der Waals surface area contributed by atoms with Gasteiger partial charge in [-0.3, -0.25) is 10.1 Å². The molecule has 1 heterocycles. The molecule has 1 aromatic rings. The molecule has 21 heavy (non-hydrogen) atoms. The summed E-state index contributed by atoms with van der Waals surface area (Å²) in [6.45, 7) is 8.04. The van der Waals surface area contributed by atoms with E-state index < -0.39 is 4.92 Å². The van der Waals surface area contributed by atoms with Gasteiger partial charge in [-0.25, -0.2) is 4.98 Å². The van der Waals surface area contributed by atoms with E-state index in [4.69, 9.17) is 4.74 Å². The average Bonchev–Trinajstić information content (AvgIpc) is 2.42. The van der Waals surface area contributed by atoms with E-state index in [0.717, 1.165) is 19.4 Å². The van der Waals surface area contributed by atoms with Crippen molar-refractivity contribution in [3.8, 4) is 0 Å². The average molecular weight is 296 g/mol. The first-order valence-corrected chi connectivity index (χ1v) is 7.28. The molecule has 0 fully saturated rings. The second-order valence-electron chi connectivity index (χ2n) is 4.94. The molecular formula is C14H24N4O3. The van der Waals surface area contributed by atoms with Crippen LogP contribution in [-0.2, 0) is 4.74 Å². The smallest absolute Gasteiger partial charge is 0.276 e. The number of hydrogen-bond donors (Lipinski definition) is 2. The Morgan fingerprint density at radius 3 is 2.52 bits per heavy atom. The van der Waals surface area contributed by atoms with Gasteiger partial charge in [-0.15, -0.1) is 0 Å². The number of nitro groups is 1. The largest absolute Gasteiger partial charge is 0.379 e. The van der Waals surface area contributed by atoms with Gasteiger partial charge in [0.15, 0.2) is 0 Å². The zero-order valence-electron chi connectivity index (χ0n) is 12.9. The van der Waals surface area contributed by atoms with E-state index in [9.17, 15) is 10.1 Å². The third-order valence-electron chi connectivity index (χ3n) is 2.71. The van der Waals surface area contributed by atoms with Crippen LogP contribution in [0.25, 0.3) is 0 Å². The van der Waals surface area contributed by atoms with Gasteiger partial charge in [0.25, 0.3) is 5.69 Å². The minimum atomic E-state index is -0.413. The van der Waals surface area contributed by atoms with E-state index in [1.807, 2.05) is 20.8 Å². The first-order valence-electron chi connectivity index (χ1n) is 7.28.